The zero-order valence-electron chi connectivity index (χ0n) is 18.5. The highest BCUT2D eigenvalue weighted by atomic mass is 16.7. The van der Waals surface area contributed by atoms with E-state index in [1.807, 2.05) is 17.1 Å². The summed E-state index contributed by atoms with van der Waals surface area (Å²) < 4.78 is 1.95. The maximum absolute atomic E-state index is 9.23. The zero-order chi connectivity index (χ0) is 21.3. The van der Waals surface area contributed by atoms with Crippen molar-refractivity contribution in [2.45, 2.75) is 76.5 Å². The van der Waals surface area contributed by atoms with Gasteiger partial charge in [0.05, 0.1) is 29.6 Å². The predicted molar refractivity (Wildman–Crippen MR) is 121 cm³/mol. The number of β-amino-alcohol motifs (C(OH)–C–C–N with tert-alkyl or cyclic N) is 1. The van der Waals surface area contributed by atoms with Gasteiger partial charge in [0.2, 0.25) is 0 Å². The average Bonchev–Trinajstić information content (AvgIpc) is 3.40. The van der Waals surface area contributed by atoms with Gasteiger partial charge in [0.15, 0.2) is 5.65 Å². The number of likely N-dealkylation sites (tertiary alicyclic amines) is 1. The molecule has 0 bridgehead atoms. The molecule has 2 aromatic heterocycles. The summed E-state index contributed by atoms with van der Waals surface area (Å²) in [6.07, 6.45) is 12.8. The lowest BCUT2D eigenvalue weighted by atomic mass is 9.80. The Morgan fingerprint density at radius 2 is 2.00 bits per heavy atom. The Labute approximate surface area is 183 Å². The highest BCUT2D eigenvalue weighted by Gasteiger charge is 2.41. The summed E-state index contributed by atoms with van der Waals surface area (Å²) in [5, 5.41) is 23.3. The molecule has 0 radical (unpaired) electrons. The van der Waals surface area contributed by atoms with Crippen LogP contribution in [-0.4, -0.2) is 68.4 Å². The molecule has 0 amide bonds. The van der Waals surface area contributed by atoms with Gasteiger partial charge in [0.1, 0.15) is 5.60 Å². The summed E-state index contributed by atoms with van der Waals surface area (Å²) in [6, 6.07) is 0.385. The third-order valence-electron chi connectivity index (χ3n) is 7.23. The first-order valence-corrected chi connectivity index (χ1v) is 11.9. The number of aliphatic hydroxyl groups is 1. The number of nitrogens with one attached hydrogen (secondary N) is 1. The van der Waals surface area contributed by atoms with Crippen molar-refractivity contribution in [2.24, 2.45) is 5.16 Å². The lowest BCUT2D eigenvalue weighted by Crippen LogP contribution is -2.40. The van der Waals surface area contributed by atoms with Gasteiger partial charge in [-0.05, 0) is 45.4 Å². The van der Waals surface area contributed by atoms with Gasteiger partial charge < -0.3 is 20.2 Å². The minimum Gasteiger partial charge on any atom is -0.395 e. The standard InChI is InChI=1S/C23H34N6O2/c1-2-29-22-19(16-25-29)21(26-17-6-10-28(11-7-17)12-13-30)18(15-24-22)20-14-23(31-27-20)8-4-3-5-9-23/h15-17,30H,2-14H2,1H3,(H,24,26). The van der Waals surface area contributed by atoms with E-state index in [9.17, 15) is 5.11 Å². The number of rotatable bonds is 6. The van der Waals surface area contributed by atoms with E-state index in [0.29, 0.717) is 6.04 Å². The van der Waals surface area contributed by atoms with Gasteiger partial charge in [-0.1, -0.05) is 11.6 Å². The Balaban J connectivity index is 1.43. The molecule has 4 heterocycles. The SMILES string of the molecule is CCn1ncc2c(NC3CCN(CCO)CC3)c(C3=NOC4(CCCCC4)C3)cnc21. The fourth-order valence-corrected chi connectivity index (χ4v) is 5.41. The van der Waals surface area contributed by atoms with Gasteiger partial charge in [-0.3, -0.25) is 0 Å². The Kier molecular flexibility index (Phi) is 5.84. The topological polar surface area (TPSA) is 87.8 Å². The molecule has 5 rings (SSSR count). The van der Waals surface area contributed by atoms with Crippen LogP contribution < -0.4 is 5.32 Å². The number of aliphatic hydroxyl groups excluding tert-OH is 1. The summed E-state index contributed by atoms with van der Waals surface area (Å²) >= 11 is 0. The quantitative estimate of drug-likeness (QED) is 0.738. The molecular formula is C23H34N6O2. The first kappa shape index (κ1) is 20.7. The fourth-order valence-electron chi connectivity index (χ4n) is 5.41. The minimum absolute atomic E-state index is 0.108. The molecule has 31 heavy (non-hydrogen) atoms. The van der Waals surface area contributed by atoms with Crippen LogP contribution in [-0.2, 0) is 11.4 Å². The fraction of sp³-hybridized carbons (Fsp3) is 0.696. The molecule has 0 aromatic carbocycles. The summed E-state index contributed by atoms with van der Waals surface area (Å²) in [6.45, 7) is 5.88. The molecule has 2 aromatic rings. The molecule has 2 aliphatic heterocycles. The number of piperidine rings is 1. The van der Waals surface area contributed by atoms with Gasteiger partial charge in [0.25, 0.3) is 0 Å². The van der Waals surface area contributed by atoms with Crippen LogP contribution in [0, 0.1) is 0 Å². The van der Waals surface area contributed by atoms with Crippen molar-refractivity contribution in [3.8, 4) is 0 Å². The summed E-state index contributed by atoms with van der Waals surface area (Å²) in [4.78, 5) is 13.2. The number of anilines is 1. The highest BCUT2D eigenvalue weighted by Crippen LogP contribution is 2.41. The van der Waals surface area contributed by atoms with Crippen LogP contribution in [0.1, 0.15) is 63.9 Å². The van der Waals surface area contributed by atoms with E-state index < -0.39 is 0 Å². The molecule has 1 spiro atoms. The van der Waals surface area contributed by atoms with E-state index in [2.05, 4.69) is 27.4 Å². The molecule has 0 unspecified atom stereocenters. The van der Waals surface area contributed by atoms with Crippen molar-refractivity contribution in [2.75, 3.05) is 31.6 Å². The van der Waals surface area contributed by atoms with Crippen molar-refractivity contribution in [1.29, 1.82) is 0 Å². The van der Waals surface area contributed by atoms with Crippen LogP contribution in [0.2, 0.25) is 0 Å². The first-order valence-electron chi connectivity index (χ1n) is 11.9. The van der Waals surface area contributed by atoms with Crippen molar-refractivity contribution >= 4 is 22.4 Å². The number of hydrogen-bond acceptors (Lipinski definition) is 7. The molecule has 8 nitrogen and oxygen atoms in total. The number of fused-ring (bicyclic) bond motifs is 1. The van der Waals surface area contributed by atoms with E-state index in [0.717, 1.165) is 86.3 Å². The average molecular weight is 427 g/mol. The number of aryl methyl sites for hydroxylation is 1. The predicted octanol–water partition coefficient (Wildman–Crippen LogP) is 3.15. The molecule has 0 atom stereocenters. The number of nitrogens with zero attached hydrogens (tertiary/aromatic N) is 5. The second-order valence-corrected chi connectivity index (χ2v) is 9.28. The normalized spacial score (nSPS) is 22.1. The Hall–Kier alpha value is -2.19. The molecular weight excluding hydrogens is 392 g/mol. The largest absolute Gasteiger partial charge is 0.395 e. The molecule has 3 aliphatic rings. The lowest BCUT2D eigenvalue weighted by molar-refractivity contribution is -0.0449. The maximum Gasteiger partial charge on any atom is 0.159 e. The number of hydrogen-bond donors (Lipinski definition) is 2. The van der Waals surface area contributed by atoms with Crippen molar-refractivity contribution in [1.82, 2.24) is 19.7 Å². The summed E-state index contributed by atoms with van der Waals surface area (Å²) in [5.74, 6) is 0. The second-order valence-electron chi connectivity index (χ2n) is 9.28. The molecule has 8 heteroatoms. The third-order valence-corrected chi connectivity index (χ3v) is 7.23. The van der Waals surface area contributed by atoms with Crippen LogP contribution in [0.5, 0.6) is 0 Å². The smallest absolute Gasteiger partial charge is 0.159 e. The summed E-state index contributed by atoms with van der Waals surface area (Å²) in [7, 11) is 0. The number of pyridine rings is 1. The molecule has 1 saturated heterocycles. The van der Waals surface area contributed by atoms with Crippen molar-refractivity contribution in [3.63, 3.8) is 0 Å². The van der Waals surface area contributed by atoms with E-state index in [1.54, 1.807) is 0 Å². The monoisotopic (exact) mass is 426 g/mol. The minimum atomic E-state index is -0.108. The Morgan fingerprint density at radius 3 is 2.74 bits per heavy atom. The Bertz CT molecular complexity index is 941. The Morgan fingerprint density at radius 1 is 1.19 bits per heavy atom. The van der Waals surface area contributed by atoms with Crippen molar-refractivity contribution < 1.29 is 9.94 Å². The zero-order valence-corrected chi connectivity index (χ0v) is 18.5. The van der Waals surface area contributed by atoms with Crippen molar-refractivity contribution in [3.05, 3.63) is 18.0 Å². The van der Waals surface area contributed by atoms with Crippen LogP contribution in [0.4, 0.5) is 5.69 Å². The highest BCUT2D eigenvalue weighted by molar-refractivity contribution is 6.10. The van der Waals surface area contributed by atoms with Crippen LogP contribution >= 0.6 is 0 Å². The number of aromatic nitrogens is 3. The molecule has 1 saturated carbocycles. The first-order chi connectivity index (χ1) is 15.2. The van der Waals surface area contributed by atoms with Gasteiger partial charge in [0, 0.05) is 50.4 Å². The van der Waals surface area contributed by atoms with Gasteiger partial charge in [-0.25, -0.2) is 9.67 Å². The summed E-state index contributed by atoms with van der Waals surface area (Å²) in [5.41, 5.74) is 3.98. The van der Waals surface area contributed by atoms with Gasteiger partial charge >= 0.3 is 0 Å². The lowest BCUT2D eigenvalue weighted by Gasteiger charge is -2.33. The molecule has 2 fully saturated rings. The second kappa shape index (κ2) is 8.74. The van der Waals surface area contributed by atoms with Crippen LogP contribution in [0.25, 0.3) is 11.0 Å². The van der Waals surface area contributed by atoms with Gasteiger partial charge in [-0.2, -0.15) is 5.10 Å². The molecule has 2 N–H and O–H groups in total. The molecule has 168 valence electrons. The van der Waals surface area contributed by atoms with E-state index in [-0.39, 0.29) is 12.2 Å². The molecule has 1 aliphatic carbocycles. The van der Waals surface area contributed by atoms with Crippen LogP contribution in [0.3, 0.4) is 0 Å². The van der Waals surface area contributed by atoms with E-state index >= 15 is 0 Å². The van der Waals surface area contributed by atoms with Gasteiger partial charge in [-0.15, -0.1) is 0 Å². The number of oxime groups is 1. The third kappa shape index (κ3) is 4.03. The van der Waals surface area contributed by atoms with E-state index in [1.165, 1.54) is 19.3 Å². The maximum atomic E-state index is 9.23. The van der Waals surface area contributed by atoms with E-state index in [4.69, 9.17) is 9.82 Å². The van der Waals surface area contributed by atoms with Crippen LogP contribution in [0.15, 0.2) is 17.5 Å².